The first kappa shape index (κ1) is 31.7. The van der Waals surface area contributed by atoms with Crippen molar-refractivity contribution in [2.45, 2.75) is 31.3 Å². The maximum Gasteiger partial charge on any atom is 0.206 e. The Morgan fingerprint density at radius 3 is 1.76 bits per heavy atom. The summed E-state index contributed by atoms with van der Waals surface area (Å²) in [6, 6.07) is 30.6. The van der Waals surface area contributed by atoms with E-state index in [4.69, 9.17) is 5.26 Å². The first-order valence-electron chi connectivity index (χ1n) is 13.9. The fraction of sp³-hybridized carbons (Fsp3) is 0.156. The number of halogens is 1. The number of tetrazole rings is 2. The molecule has 46 heavy (non-hydrogen) atoms. The summed E-state index contributed by atoms with van der Waals surface area (Å²) >= 11 is 0. The van der Waals surface area contributed by atoms with E-state index in [0.717, 1.165) is 10.4 Å². The predicted octanol–water partition coefficient (Wildman–Crippen LogP) is 3.18. The Morgan fingerprint density at radius 1 is 0.652 bits per heavy atom. The summed E-state index contributed by atoms with van der Waals surface area (Å²) in [6.07, 6.45) is -5.01. The summed E-state index contributed by atoms with van der Waals surface area (Å²) in [5.41, 5.74) is 3.06. The molecule has 0 spiro atoms. The van der Waals surface area contributed by atoms with Crippen LogP contribution in [0.5, 0.6) is 0 Å². The van der Waals surface area contributed by atoms with Gasteiger partial charge >= 0.3 is 0 Å². The molecule has 4 unspecified atom stereocenters. The van der Waals surface area contributed by atoms with Crippen LogP contribution in [-0.4, -0.2) is 60.8 Å². The molecule has 0 aliphatic carbocycles. The van der Waals surface area contributed by atoms with Crippen LogP contribution in [0.25, 0.3) is 11.4 Å². The lowest BCUT2D eigenvalue weighted by atomic mass is 10.0. The van der Waals surface area contributed by atoms with Crippen LogP contribution < -0.4 is 0 Å². The van der Waals surface area contributed by atoms with Crippen molar-refractivity contribution < 1.29 is 24.8 Å². The van der Waals surface area contributed by atoms with E-state index < -0.39 is 30.2 Å². The van der Waals surface area contributed by atoms with Gasteiger partial charge in [0, 0.05) is 0 Å². The lowest BCUT2D eigenvalue weighted by Gasteiger charge is -2.14. The minimum atomic E-state index is -1.36. The number of nitriles is 1. The van der Waals surface area contributed by atoms with Crippen molar-refractivity contribution in [3.63, 3.8) is 0 Å². The van der Waals surface area contributed by atoms with Crippen molar-refractivity contribution in [1.29, 1.82) is 5.26 Å². The van der Waals surface area contributed by atoms with Crippen LogP contribution in [-0.2, 0) is 0 Å². The molecule has 0 bridgehead atoms. The normalized spacial score (nSPS) is 13.5. The van der Waals surface area contributed by atoms with E-state index in [9.17, 15) is 24.8 Å². The number of aliphatic hydroxyl groups is 4. The highest BCUT2D eigenvalue weighted by Crippen LogP contribution is 2.27. The lowest BCUT2D eigenvalue weighted by Crippen LogP contribution is -2.12. The second-order valence-corrected chi connectivity index (χ2v) is 10.1. The van der Waals surface area contributed by atoms with Gasteiger partial charge in [0.05, 0.1) is 17.3 Å². The van der Waals surface area contributed by atoms with Gasteiger partial charge in [0.15, 0.2) is 5.82 Å². The predicted molar refractivity (Wildman–Crippen MR) is 160 cm³/mol. The maximum atomic E-state index is 13.8. The van der Waals surface area contributed by atoms with Crippen LogP contribution >= 0.6 is 0 Å². The van der Waals surface area contributed by atoms with Crippen LogP contribution in [0.1, 0.15) is 58.3 Å². The highest BCUT2D eigenvalue weighted by Gasteiger charge is 2.26. The highest BCUT2D eigenvalue weighted by molar-refractivity contribution is 5.40. The molecule has 13 nitrogen and oxygen atoms in total. The smallest absolute Gasteiger partial charge is 0.206 e. The Bertz CT molecular complexity index is 1930. The van der Waals surface area contributed by atoms with Gasteiger partial charge in [-0.2, -0.15) is 5.26 Å². The zero-order valence-corrected chi connectivity index (χ0v) is 24.3. The molecule has 6 aromatic rings. The van der Waals surface area contributed by atoms with E-state index >= 15 is 0 Å². The fourth-order valence-corrected chi connectivity index (χ4v) is 4.32. The minimum absolute atomic E-state index is 0.00344. The molecule has 6 rings (SSSR count). The molecule has 14 heteroatoms. The van der Waals surface area contributed by atoms with Crippen LogP contribution in [0.3, 0.4) is 0 Å². The zero-order valence-electron chi connectivity index (χ0n) is 24.3. The first-order valence-corrected chi connectivity index (χ1v) is 13.9. The molecular weight excluding hydrogens is 593 g/mol. The highest BCUT2D eigenvalue weighted by atomic mass is 19.1. The molecule has 4 atom stereocenters. The van der Waals surface area contributed by atoms with Crippen LogP contribution in [0.4, 0.5) is 4.39 Å². The van der Waals surface area contributed by atoms with Crippen molar-refractivity contribution in [2.24, 2.45) is 0 Å². The Kier molecular flexibility index (Phi) is 9.90. The van der Waals surface area contributed by atoms with Crippen molar-refractivity contribution in [1.82, 2.24) is 40.4 Å². The number of hydrogen-bond acceptors (Lipinski definition) is 11. The molecule has 4 aromatic carbocycles. The number of nitrogens with zero attached hydrogens (tertiary/aromatic N) is 9. The molecule has 2 aromatic heterocycles. The molecule has 0 amide bonds. The number of hydrogen-bond donors (Lipinski definition) is 4. The Morgan fingerprint density at radius 2 is 1.20 bits per heavy atom. The van der Waals surface area contributed by atoms with Gasteiger partial charge < -0.3 is 20.4 Å². The lowest BCUT2D eigenvalue weighted by molar-refractivity contribution is 0.0117. The number of aliphatic hydroxyl groups excluding tert-OH is 4. The Balaban J connectivity index is 0.000000181. The third kappa shape index (κ3) is 7.32. The van der Waals surface area contributed by atoms with Gasteiger partial charge in [-0.15, -0.1) is 30.0 Å². The van der Waals surface area contributed by atoms with Gasteiger partial charge in [0.25, 0.3) is 0 Å². The van der Waals surface area contributed by atoms with Gasteiger partial charge in [0.2, 0.25) is 11.6 Å². The van der Waals surface area contributed by atoms with Crippen molar-refractivity contribution in [2.75, 3.05) is 0 Å². The van der Waals surface area contributed by atoms with E-state index in [1.54, 1.807) is 91.0 Å². The molecule has 0 saturated heterocycles. The van der Waals surface area contributed by atoms with Gasteiger partial charge in [-0.3, -0.25) is 0 Å². The number of aryl methyl sites for hydroxylation is 1. The molecule has 2 heterocycles. The SMILES string of the molecule is Cc1ccc(F)c(-n2nnc(C(O)C(O)c3ccccc3)n2)c1.N#Cc1cccc(-n2nnc(C(O)C(O)c3ccccc3)n2)c1. The minimum Gasteiger partial charge on any atom is -0.385 e. The van der Waals surface area contributed by atoms with E-state index in [2.05, 4.69) is 30.8 Å². The van der Waals surface area contributed by atoms with Gasteiger partial charge in [0.1, 0.15) is 30.1 Å². The number of benzene rings is 4. The average molecular weight is 622 g/mol. The largest absolute Gasteiger partial charge is 0.385 e. The van der Waals surface area contributed by atoms with E-state index in [0.29, 0.717) is 22.4 Å². The molecule has 232 valence electrons. The first-order chi connectivity index (χ1) is 22.2. The molecule has 0 fully saturated rings. The van der Waals surface area contributed by atoms with Crippen LogP contribution in [0.15, 0.2) is 103 Å². The Labute approximate surface area is 262 Å². The maximum absolute atomic E-state index is 13.8. The third-order valence-electron chi connectivity index (χ3n) is 6.79. The summed E-state index contributed by atoms with van der Waals surface area (Å²) in [5.74, 6) is -0.580. The summed E-state index contributed by atoms with van der Waals surface area (Å²) in [5, 5.41) is 72.9. The molecular formula is C32H28FN9O4. The second-order valence-electron chi connectivity index (χ2n) is 10.1. The van der Waals surface area contributed by atoms with E-state index in [-0.39, 0.29) is 17.3 Å². The van der Waals surface area contributed by atoms with Gasteiger partial charge in [-0.05, 0) is 64.4 Å². The van der Waals surface area contributed by atoms with Crippen LogP contribution in [0.2, 0.25) is 0 Å². The third-order valence-corrected chi connectivity index (χ3v) is 6.79. The summed E-state index contributed by atoms with van der Waals surface area (Å²) in [7, 11) is 0. The van der Waals surface area contributed by atoms with Crippen molar-refractivity contribution in [3.8, 4) is 17.4 Å². The standard InChI is InChI=1S/C16H15FN4O2.C16H13N5O2/c1-10-7-8-12(17)13(9-10)21-19-16(18-20-21)15(23)14(22)11-5-3-2-4-6-11;17-10-11-5-4-8-13(9-11)21-19-16(18-20-21)15(23)14(22)12-6-2-1-3-7-12/h2-9,14-15,22-23H,1H3;1-9,14-15,22-23H. The fourth-order valence-electron chi connectivity index (χ4n) is 4.32. The number of rotatable bonds is 8. The van der Waals surface area contributed by atoms with Crippen LogP contribution in [0, 0.1) is 24.1 Å². The van der Waals surface area contributed by atoms with Crippen molar-refractivity contribution in [3.05, 3.63) is 143 Å². The molecule has 0 aliphatic rings. The molecule has 4 N–H and O–H groups in total. The molecule has 0 radical (unpaired) electrons. The molecule has 0 saturated carbocycles. The quantitative estimate of drug-likeness (QED) is 0.195. The van der Waals surface area contributed by atoms with Gasteiger partial charge in [-0.25, -0.2) is 4.39 Å². The zero-order chi connectivity index (χ0) is 32.6. The van der Waals surface area contributed by atoms with Crippen molar-refractivity contribution >= 4 is 0 Å². The number of aromatic nitrogens is 8. The summed E-state index contributed by atoms with van der Waals surface area (Å²) in [6.45, 7) is 1.81. The Hall–Kier alpha value is -5.72. The average Bonchev–Trinajstić information content (AvgIpc) is 3.80. The topological polar surface area (TPSA) is 192 Å². The second kappa shape index (κ2) is 14.4. The monoisotopic (exact) mass is 621 g/mol. The van der Waals surface area contributed by atoms with E-state index in [1.807, 2.05) is 19.1 Å². The van der Waals surface area contributed by atoms with E-state index in [1.165, 1.54) is 10.9 Å². The molecule has 0 aliphatic heterocycles. The van der Waals surface area contributed by atoms with Gasteiger partial charge in [-0.1, -0.05) is 72.8 Å². The summed E-state index contributed by atoms with van der Waals surface area (Å²) in [4.78, 5) is 2.20. The summed E-state index contributed by atoms with van der Waals surface area (Å²) < 4.78 is 13.8.